The average molecular weight is 449 g/mol. The first kappa shape index (κ1) is 20.0. The van der Waals surface area contributed by atoms with Gasteiger partial charge in [0.05, 0.1) is 19.6 Å². The molecule has 2 nitrogen and oxygen atoms in total. The van der Waals surface area contributed by atoms with Gasteiger partial charge in [-0.1, -0.05) is 54.6 Å². The highest BCUT2D eigenvalue weighted by molar-refractivity contribution is 5.69. The zero-order valence-corrected chi connectivity index (χ0v) is 17.4. The average Bonchev–Trinajstić information content (AvgIpc) is 3.06. The summed E-state index contributed by atoms with van der Waals surface area (Å²) in [6.45, 7) is 9.39. The Morgan fingerprint density at radius 1 is 0.920 bits per heavy atom. The molecule has 0 radical (unpaired) electrons. The lowest BCUT2D eigenvalue weighted by atomic mass is 10.1. The molecular weight excluding hydrogens is 421 g/mol. The molecule has 1 saturated heterocycles. The van der Waals surface area contributed by atoms with Crippen LogP contribution in [0.4, 0.5) is 0 Å². The summed E-state index contributed by atoms with van der Waals surface area (Å²) in [5, 5.41) is 0. The minimum atomic E-state index is 0. The number of nitrogens with zero attached hydrogens (tertiary/aromatic N) is 1. The zero-order chi connectivity index (χ0) is 16.8. The van der Waals surface area contributed by atoms with Gasteiger partial charge in [-0.25, -0.2) is 0 Å². The van der Waals surface area contributed by atoms with Crippen molar-refractivity contribution in [2.75, 3.05) is 26.2 Å². The van der Waals surface area contributed by atoms with Crippen molar-refractivity contribution in [3.8, 4) is 5.75 Å². The van der Waals surface area contributed by atoms with Gasteiger partial charge in [-0.2, -0.15) is 0 Å². The number of rotatable bonds is 6. The largest absolute Gasteiger partial charge is 1.00 e. The van der Waals surface area contributed by atoms with E-state index in [0.717, 1.165) is 18.7 Å². The molecule has 0 unspecified atom stereocenters. The lowest BCUT2D eigenvalue weighted by Gasteiger charge is -2.31. The van der Waals surface area contributed by atoms with Crippen molar-refractivity contribution in [3.05, 3.63) is 65.7 Å². The number of quaternary nitrogens is 1. The minimum Gasteiger partial charge on any atom is -1.00 e. The topological polar surface area (TPSA) is 9.23 Å². The Bertz CT molecular complexity index is 662. The first-order valence-corrected chi connectivity index (χ1v) is 9.08. The van der Waals surface area contributed by atoms with Crippen LogP contribution in [0.2, 0.25) is 0 Å². The Labute approximate surface area is 169 Å². The zero-order valence-electron chi connectivity index (χ0n) is 15.2. The van der Waals surface area contributed by atoms with E-state index in [1.54, 1.807) is 0 Å². The van der Waals surface area contributed by atoms with Gasteiger partial charge in [0, 0.05) is 6.42 Å². The number of likely N-dealkylation sites (N-methyl/N-ethyl adjacent to an activating group) is 1. The van der Waals surface area contributed by atoms with Crippen LogP contribution >= 0.6 is 0 Å². The van der Waals surface area contributed by atoms with Crippen LogP contribution in [-0.2, 0) is 0 Å². The van der Waals surface area contributed by atoms with Crippen molar-refractivity contribution in [2.45, 2.75) is 26.4 Å². The molecule has 1 aliphatic heterocycles. The Balaban J connectivity index is 0.00000225. The van der Waals surface area contributed by atoms with Gasteiger partial charge in [0.25, 0.3) is 0 Å². The van der Waals surface area contributed by atoms with Crippen LogP contribution in [0.5, 0.6) is 5.75 Å². The van der Waals surface area contributed by atoms with E-state index in [0.29, 0.717) is 6.10 Å². The summed E-state index contributed by atoms with van der Waals surface area (Å²) < 4.78 is 7.41. The fourth-order valence-electron chi connectivity index (χ4n) is 3.53. The Hall–Kier alpha value is -1.33. The van der Waals surface area contributed by atoms with Crippen molar-refractivity contribution in [1.82, 2.24) is 0 Å². The molecule has 134 valence electrons. The molecule has 0 N–H and O–H groups in total. The van der Waals surface area contributed by atoms with Crippen molar-refractivity contribution >= 4 is 12.2 Å². The smallest absolute Gasteiger partial charge is 0.153 e. The van der Waals surface area contributed by atoms with Crippen LogP contribution in [0, 0.1) is 0 Å². The van der Waals surface area contributed by atoms with Crippen molar-refractivity contribution in [2.24, 2.45) is 0 Å². The molecule has 2 aromatic carbocycles. The number of benzene rings is 2. The van der Waals surface area contributed by atoms with Crippen LogP contribution in [0.3, 0.4) is 0 Å². The molecule has 0 spiro atoms. The van der Waals surface area contributed by atoms with E-state index < -0.39 is 0 Å². The van der Waals surface area contributed by atoms with Crippen LogP contribution in [0.25, 0.3) is 12.2 Å². The summed E-state index contributed by atoms with van der Waals surface area (Å²) in [6.07, 6.45) is 5.80. The van der Waals surface area contributed by atoms with Crippen LogP contribution in [0.1, 0.15) is 31.4 Å². The molecule has 3 heteroatoms. The molecule has 1 fully saturated rings. The van der Waals surface area contributed by atoms with E-state index in [2.05, 4.69) is 74.5 Å². The van der Waals surface area contributed by atoms with Gasteiger partial charge in [0.15, 0.2) is 6.10 Å². The fraction of sp³-hybridized carbons (Fsp3) is 0.364. The number of hydrogen-bond donors (Lipinski definition) is 0. The van der Waals surface area contributed by atoms with Gasteiger partial charge in [0.1, 0.15) is 12.3 Å². The predicted molar refractivity (Wildman–Crippen MR) is 102 cm³/mol. The quantitative estimate of drug-likeness (QED) is 0.372. The minimum absolute atomic E-state index is 0. The van der Waals surface area contributed by atoms with Gasteiger partial charge in [0.2, 0.25) is 0 Å². The van der Waals surface area contributed by atoms with E-state index in [1.807, 2.05) is 6.07 Å². The standard InChI is InChI=1S/C22H28NO.HI/c1-3-23(4-2)17-16-22(18-23)24-21-14-12-20(13-15-21)11-10-19-8-6-5-7-9-19;/h5-15,22H,3-4,16-18H2,1-2H3;1H/q+1;/p-1/b11-10+;/t22-;/m1./s1. The Kier molecular flexibility index (Phi) is 7.51. The molecule has 0 aromatic heterocycles. The van der Waals surface area contributed by atoms with Crippen LogP contribution in [0.15, 0.2) is 54.6 Å². The molecule has 0 aliphatic carbocycles. The van der Waals surface area contributed by atoms with Crippen molar-refractivity contribution in [3.63, 3.8) is 0 Å². The lowest BCUT2D eigenvalue weighted by Crippen LogP contribution is -3.00. The molecule has 2 aromatic rings. The molecule has 0 saturated carbocycles. The molecule has 1 heterocycles. The van der Waals surface area contributed by atoms with Crippen molar-refractivity contribution in [1.29, 1.82) is 0 Å². The summed E-state index contributed by atoms with van der Waals surface area (Å²) in [6, 6.07) is 18.8. The molecular formula is C22H28INO. The van der Waals surface area contributed by atoms with E-state index in [4.69, 9.17) is 4.74 Å². The highest BCUT2D eigenvalue weighted by atomic mass is 127. The first-order chi connectivity index (χ1) is 11.7. The Morgan fingerprint density at radius 3 is 2.08 bits per heavy atom. The number of halogens is 1. The second-order valence-corrected chi connectivity index (χ2v) is 6.72. The molecule has 25 heavy (non-hydrogen) atoms. The van der Waals surface area contributed by atoms with E-state index in [9.17, 15) is 0 Å². The van der Waals surface area contributed by atoms with Gasteiger partial charge in [-0.05, 0) is 37.1 Å². The third-order valence-corrected chi connectivity index (χ3v) is 5.31. The fourth-order valence-corrected chi connectivity index (χ4v) is 3.53. The third kappa shape index (κ3) is 5.32. The van der Waals surface area contributed by atoms with Crippen LogP contribution < -0.4 is 28.7 Å². The monoisotopic (exact) mass is 449 g/mol. The van der Waals surface area contributed by atoms with E-state index in [-0.39, 0.29) is 24.0 Å². The molecule has 1 aliphatic rings. The highest BCUT2D eigenvalue weighted by Crippen LogP contribution is 2.24. The number of likely N-dealkylation sites (tertiary alicyclic amines) is 1. The van der Waals surface area contributed by atoms with Gasteiger partial charge < -0.3 is 33.2 Å². The molecule has 0 bridgehead atoms. The van der Waals surface area contributed by atoms with Crippen LogP contribution in [-0.4, -0.2) is 36.8 Å². The second kappa shape index (κ2) is 9.39. The predicted octanol–water partition coefficient (Wildman–Crippen LogP) is 1.87. The number of ether oxygens (including phenoxy) is 1. The highest BCUT2D eigenvalue weighted by Gasteiger charge is 2.36. The first-order valence-electron chi connectivity index (χ1n) is 9.08. The van der Waals surface area contributed by atoms with E-state index in [1.165, 1.54) is 35.2 Å². The van der Waals surface area contributed by atoms with Crippen molar-refractivity contribution < 1.29 is 33.2 Å². The Morgan fingerprint density at radius 2 is 1.52 bits per heavy atom. The third-order valence-electron chi connectivity index (χ3n) is 5.31. The number of hydrogen-bond acceptors (Lipinski definition) is 1. The summed E-state index contributed by atoms with van der Waals surface area (Å²) in [5.41, 5.74) is 2.42. The molecule has 1 atom stereocenters. The van der Waals surface area contributed by atoms with E-state index >= 15 is 0 Å². The maximum atomic E-state index is 6.21. The van der Waals surface area contributed by atoms with Gasteiger partial charge in [-0.3, -0.25) is 0 Å². The van der Waals surface area contributed by atoms with Gasteiger partial charge >= 0.3 is 0 Å². The molecule has 0 amide bonds. The maximum Gasteiger partial charge on any atom is 0.153 e. The summed E-state index contributed by atoms with van der Waals surface area (Å²) in [4.78, 5) is 0. The summed E-state index contributed by atoms with van der Waals surface area (Å²) in [5.74, 6) is 0.990. The SMILES string of the molecule is CC[N+]1(CC)CC[C@@H](Oc2ccc(/C=C/c3ccccc3)cc2)C1.[I-]. The second-order valence-electron chi connectivity index (χ2n) is 6.72. The normalized spacial score (nSPS) is 18.9. The lowest BCUT2D eigenvalue weighted by molar-refractivity contribution is -0.914. The molecule has 3 rings (SSSR count). The van der Waals surface area contributed by atoms with Gasteiger partial charge in [-0.15, -0.1) is 0 Å². The summed E-state index contributed by atoms with van der Waals surface area (Å²) >= 11 is 0. The summed E-state index contributed by atoms with van der Waals surface area (Å²) in [7, 11) is 0. The maximum absolute atomic E-state index is 6.21.